The van der Waals surface area contributed by atoms with Crippen LogP contribution in [0.3, 0.4) is 0 Å². The van der Waals surface area contributed by atoms with E-state index in [1.54, 1.807) is 17.0 Å². The maximum absolute atomic E-state index is 13.6. The van der Waals surface area contributed by atoms with Crippen molar-refractivity contribution in [1.29, 1.82) is 0 Å². The van der Waals surface area contributed by atoms with E-state index in [9.17, 15) is 14.0 Å². The summed E-state index contributed by atoms with van der Waals surface area (Å²) < 4.78 is 18.9. The maximum atomic E-state index is 13.6. The number of hydrogen-bond acceptors (Lipinski definition) is 5. The van der Waals surface area contributed by atoms with Crippen LogP contribution in [0.1, 0.15) is 23.4 Å². The predicted molar refractivity (Wildman–Crippen MR) is 94.5 cm³/mol. The van der Waals surface area contributed by atoms with Crippen LogP contribution in [-0.4, -0.2) is 34.8 Å². The Morgan fingerprint density at radius 3 is 2.92 bits per heavy atom. The van der Waals surface area contributed by atoms with Crippen molar-refractivity contribution in [3.8, 4) is 5.75 Å². The summed E-state index contributed by atoms with van der Waals surface area (Å²) in [7, 11) is 0. The van der Waals surface area contributed by atoms with Crippen molar-refractivity contribution in [1.82, 2.24) is 9.88 Å². The van der Waals surface area contributed by atoms with Crippen LogP contribution in [-0.2, 0) is 22.6 Å². The SMILES string of the molecule is O=C(Nc1nc2c(s1)CN(C(=O)COc1ccccc1F)CC2)C1CC1. The lowest BCUT2D eigenvalue weighted by atomic mass is 10.2. The Morgan fingerprint density at radius 1 is 1.35 bits per heavy atom. The van der Waals surface area contributed by atoms with Crippen molar-refractivity contribution in [3.63, 3.8) is 0 Å². The number of rotatable bonds is 5. The van der Waals surface area contributed by atoms with Crippen molar-refractivity contribution in [2.24, 2.45) is 5.92 Å². The van der Waals surface area contributed by atoms with E-state index >= 15 is 0 Å². The van der Waals surface area contributed by atoms with Gasteiger partial charge in [-0.3, -0.25) is 9.59 Å². The molecule has 2 aromatic rings. The maximum Gasteiger partial charge on any atom is 0.260 e. The Bertz CT molecular complexity index is 850. The highest BCUT2D eigenvalue weighted by Crippen LogP contribution is 2.33. The molecule has 0 spiro atoms. The fraction of sp³-hybridized carbons (Fsp3) is 0.389. The largest absolute Gasteiger partial charge is 0.481 e. The predicted octanol–water partition coefficient (Wildman–Crippen LogP) is 2.59. The quantitative estimate of drug-likeness (QED) is 0.872. The van der Waals surface area contributed by atoms with Crippen molar-refractivity contribution >= 4 is 28.3 Å². The highest BCUT2D eigenvalue weighted by Gasteiger charge is 2.31. The van der Waals surface area contributed by atoms with E-state index in [2.05, 4.69) is 10.3 Å². The second-order valence-electron chi connectivity index (χ2n) is 6.44. The van der Waals surface area contributed by atoms with Crippen molar-refractivity contribution in [3.05, 3.63) is 40.7 Å². The number of aromatic nitrogens is 1. The van der Waals surface area contributed by atoms with E-state index in [-0.39, 0.29) is 30.1 Å². The lowest BCUT2D eigenvalue weighted by Gasteiger charge is -2.26. The molecule has 0 unspecified atom stereocenters. The summed E-state index contributed by atoms with van der Waals surface area (Å²) in [5, 5.41) is 3.46. The van der Waals surface area contributed by atoms with Gasteiger partial charge >= 0.3 is 0 Å². The smallest absolute Gasteiger partial charge is 0.260 e. The molecule has 0 radical (unpaired) electrons. The summed E-state index contributed by atoms with van der Waals surface area (Å²) in [6.07, 6.45) is 2.53. The minimum atomic E-state index is -0.486. The van der Waals surface area contributed by atoms with Gasteiger partial charge in [-0.2, -0.15) is 0 Å². The van der Waals surface area contributed by atoms with Gasteiger partial charge in [0.15, 0.2) is 23.3 Å². The third kappa shape index (κ3) is 3.70. The molecule has 2 aliphatic rings. The number of nitrogens with one attached hydrogen (secondary N) is 1. The molecule has 0 saturated heterocycles. The first-order valence-electron chi connectivity index (χ1n) is 8.54. The number of ether oxygens (including phenoxy) is 1. The lowest BCUT2D eigenvalue weighted by Crippen LogP contribution is -2.38. The van der Waals surface area contributed by atoms with Gasteiger partial charge in [-0.15, -0.1) is 0 Å². The molecule has 1 aromatic heterocycles. The molecule has 6 nitrogen and oxygen atoms in total. The molecule has 2 heterocycles. The van der Waals surface area contributed by atoms with Gasteiger partial charge in [0, 0.05) is 23.8 Å². The number of nitrogens with zero attached hydrogens (tertiary/aromatic N) is 2. The Labute approximate surface area is 154 Å². The van der Waals surface area contributed by atoms with E-state index in [0.717, 1.165) is 23.4 Å². The molecule has 1 saturated carbocycles. The van der Waals surface area contributed by atoms with Crippen LogP contribution < -0.4 is 10.1 Å². The summed E-state index contributed by atoms with van der Waals surface area (Å²) in [6, 6.07) is 6.01. The van der Waals surface area contributed by atoms with Gasteiger partial charge in [0.2, 0.25) is 5.91 Å². The molecule has 26 heavy (non-hydrogen) atoms. The highest BCUT2D eigenvalue weighted by atomic mass is 32.1. The van der Waals surface area contributed by atoms with Crippen LogP contribution in [0, 0.1) is 11.7 Å². The van der Waals surface area contributed by atoms with Gasteiger partial charge in [-0.1, -0.05) is 23.5 Å². The summed E-state index contributed by atoms with van der Waals surface area (Å²) in [5.74, 6) is -0.455. The number of amides is 2. The van der Waals surface area contributed by atoms with Crippen molar-refractivity contribution in [2.75, 3.05) is 18.5 Å². The van der Waals surface area contributed by atoms with Gasteiger partial charge in [-0.05, 0) is 25.0 Å². The van der Waals surface area contributed by atoms with Crippen molar-refractivity contribution < 1.29 is 18.7 Å². The third-order valence-corrected chi connectivity index (χ3v) is 5.45. The molecule has 4 rings (SSSR count). The Balaban J connectivity index is 1.35. The Morgan fingerprint density at radius 2 is 2.15 bits per heavy atom. The van der Waals surface area contributed by atoms with E-state index < -0.39 is 5.82 Å². The number of thiazole rings is 1. The summed E-state index contributed by atoms with van der Waals surface area (Å²) in [5.41, 5.74) is 0.931. The lowest BCUT2D eigenvalue weighted by molar-refractivity contribution is -0.134. The zero-order valence-corrected chi connectivity index (χ0v) is 14.9. The van der Waals surface area contributed by atoms with Crippen LogP contribution in [0.5, 0.6) is 5.75 Å². The third-order valence-electron chi connectivity index (χ3n) is 4.45. The number of halogens is 1. The minimum Gasteiger partial charge on any atom is -0.481 e. The van der Waals surface area contributed by atoms with Crippen LogP contribution in [0.4, 0.5) is 9.52 Å². The first-order valence-corrected chi connectivity index (χ1v) is 9.36. The van der Waals surface area contributed by atoms with Gasteiger partial charge in [0.25, 0.3) is 5.91 Å². The van der Waals surface area contributed by atoms with E-state index in [1.807, 2.05) is 0 Å². The molecule has 0 bridgehead atoms. The molecule has 1 N–H and O–H groups in total. The average molecular weight is 375 g/mol. The molecule has 1 aromatic carbocycles. The monoisotopic (exact) mass is 375 g/mol. The molecule has 1 aliphatic heterocycles. The molecule has 136 valence electrons. The number of anilines is 1. The van der Waals surface area contributed by atoms with Crippen LogP contribution in [0.25, 0.3) is 0 Å². The fourth-order valence-electron chi connectivity index (χ4n) is 2.81. The molecular weight excluding hydrogens is 357 g/mol. The molecule has 1 aliphatic carbocycles. The topological polar surface area (TPSA) is 71.5 Å². The number of hydrogen-bond donors (Lipinski definition) is 1. The molecule has 8 heteroatoms. The van der Waals surface area contributed by atoms with Gasteiger partial charge in [0.1, 0.15) is 0 Å². The zero-order chi connectivity index (χ0) is 18.1. The summed E-state index contributed by atoms with van der Waals surface area (Å²) in [4.78, 5) is 31.3. The standard InChI is InChI=1S/C18H18FN3O3S/c19-12-3-1-2-4-14(12)25-10-16(23)22-8-7-13-15(9-22)26-18(20-13)21-17(24)11-5-6-11/h1-4,11H,5-10H2,(H,20,21,24). The minimum absolute atomic E-state index is 0.0299. The van der Waals surface area contributed by atoms with Crippen LogP contribution in [0.2, 0.25) is 0 Å². The normalized spacial score (nSPS) is 16.1. The second-order valence-corrected chi connectivity index (χ2v) is 7.52. The fourth-order valence-corrected chi connectivity index (χ4v) is 3.83. The average Bonchev–Trinajstić information content (AvgIpc) is 3.41. The van der Waals surface area contributed by atoms with E-state index in [4.69, 9.17) is 4.74 Å². The second kappa shape index (κ2) is 7.03. The summed E-state index contributed by atoms with van der Waals surface area (Å²) in [6.45, 7) is 0.762. The van der Waals surface area contributed by atoms with E-state index in [1.165, 1.54) is 23.5 Å². The number of fused-ring (bicyclic) bond motifs is 1. The van der Waals surface area contributed by atoms with E-state index in [0.29, 0.717) is 24.6 Å². The Kier molecular flexibility index (Phi) is 4.58. The number of para-hydroxylation sites is 1. The van der Waals surface area contributed by atoms with Gasteiger partial charge in [0.05, 0.1) is 12.2 Å². The van der Waals surface area contributed by atoms with Gasteiger partial charge in [-0.25, -0.2) is 9.37 Å². The molecule has 1 fully saturated rings. The van der Waals surface area contributed by atoms with Crippen LogP contribution in [0.15, 0.2) is 24.3 Å². The first kappa shape index (κ1) is 17.0. The number of benzene rings is 1. The summed E-state index contributed by atoms with van der Waals surface area (Å²) >= 11 is 1.41. The zero-order valence-electron chi connectivity index (χ0n) is 14.0. The van der Waals surface area contributed by atoms with Gasteiger partial charge < -0.3 is 15.0 Å². The molecule has 0 atom stereocenters. The molecular formula is C18H18FN3O3S. The number of carbonyl (C=O) groups excluding carboxylic acids is 2. The highest BCUT2D eigenvalue weighted by molar-refractivity contribution is 7.15. The molecule has 2 amide bonds. The number of carbonyl (C=O) groups is 2. The van der Waals surface area contributed by atoms with Crippen molar-refractivity contribution in [2.45, 2.75) is 25.8 Å². The Hall–Kier alpha value is -2.48. The van der Waals surface area contributed by atoms with Crippen LogP contribution >= 0.6 is 11.3 Å². The first-order chi connectivity index (χ1) is 12.6.